The SMILES string of the molecule is Cc1ccc(C(O)(c2ccccc2C)[C@H](O)c2ccccc2)c(C)c1. The average Bonchev–Trinajstić information content (AvgIpc) is 2.61. The first-order valence-corrected chi connectivity index (χ1v) is 8.54. The van der Waals surface area contributed by atoms with Crippen molar-refractivity contribution in [1.29, 1.82) is 0 Å². The number of hydrogen-bond acceptors (Lipinski definition) is 2. The summed E-state index contributed by atoms with van der Waals surface area (Å²) in [6, 6.07) is 23.0. The summed E-state index contributed by atoms with van der Waals surface area (Å²) in [4.78, 5) is 0. The normalized spacial score (nSPS) is 14.8. The summed E-state index contributed by atoms with van der Waals surface area (Å²) in [7, 11) is 0. The summed E-state index contributed by atoms with van der Waals surface area (Å²) in [5, 5.41) is 23.1. The van der Waals surface area contributed by atoms with Crippen molar-refractivity contribution in [3.05, 3.63) is 106 Å². The molecule has 0 radical (unpaired) electrons. The van der Waals surface area contributed by atoms with E-state index in [2.05, 4.69) is 0 Å². The molecule has 0 aromatic heterocycles. The topological polar surface area (TPSA) is 40.5 Å². The van der Waals surface area contributed by atoms with Crippen molar-refractivity contribution < 1.29 is 10.2 Å². The van der Waals surface area contributed by atoms with E-state index in [1.54, 1.807) is 0 Å². The van der Waals surface area contributed by atoms with Crippen LogP contribution in [-0.4, -0.2) is 10.2 Å². The van der Waals surface area contributed by atoms with Crippen molar-refractivity contribution >= 4 is 0 Å². The molecule has 2 atom stereocenters. The molecule has 25 heavy (non-hydrogen) atoms. The Bertz CT molecular complexity index is 870. The molecule has 2 nitrogen and oxygen atoms in total. The van der Waals surface area contributed by atoms with Crippen molar-refractivity contribution in [2.45, 2.75) is 32.5 Å². The van der Waals surface area contributed by atoms with E-state index in [1.165, 1.54) is 0 Å². The number of rotatable bonds is 4. The third kappa shape index (κ3) is 3.11. The Morgan fingerprint density at radius 3 is 1.96 bits per heavy atom. The highest BCUT2D eigenvalue weighted by Crippen LogP contribution is 2.43. The number of aliphatic hydroxyl groups excluding tert-OH is 1. The molecule has 0 aliphatic rings. The predicted molar refractivity (Wildman–Crippen MR) is 101 cm³/mol. The fraction of sp³-hybridized carbons (Fsp3) is 0.217. The summed E-state index contributed by atoms with van der Waals surface area (Å²) in [6.07, 6.45) is -1.07. The van der Waals surface area contributed by atoms with Crippen LogP contribution in [0.2, 0.25) is 0 Å². The molecule has 1 unspecified atom stereocenters. The van der Waals surface area contributed by atoms with Gasteiger partial charge >= 0.3 is 0 Å². The summed E-state index contributed by atoms with van der Waals surface area (Å²) in [6.45, 7) is 5.96. The number of aryl methyl sites for hydroxylation is 3. The van der Waals surface area contributed by atoms with Gasteiger partial charge in [-0.15, -0.1) is 0 Å². The third-order valence-corrected chi connectivity index (χ3v) is 4.86. The lowest BCUT2D eigenvalue weighted by molar-refractivity contribution is -0.0525. The van der Waals surface area contributed by atoms with Gasteiger partial charge in [-0.25, -0.2) is 0 Å². The average molecular weight is 332 g/mol. The molecule has 3 aromatic carbocycles. The maximum Gasteiger partial charge on any atom is 0.145 e. The minimum absolute atomic E-state index is 0.688. The van der Waals surface area contributed by atoms with Crippen LogP contribution < -0.4 is 0 Å². The van der Waals surface area contributed by atoms with Gasteiger partial charge in [-0.05, 0) is 48.6 Å². The van der Waals surface area contributed by atoms with Crippen molar-refractivity contribution in [2.24, 2.45) is 0 Å². The molecule has 3 aromatic rings. The van der Waals surface area contributed by atoms with Gasteiger partial charge in [0.2, 0.25) is 0 Å². The van der Waals surface area contributed by atoms with Crippen LogP contribution in [0.1, 0.15) is 39.5 Å². The second-order valence-electron chi connectivity index (χ2n) is 6.71. The van der Waals surface area contributed by atoms with Gasteiger partial charge in [0, 0.05) is 0 Å². The lowest BCUT2D eigenvalue weighted by Gasteiger charge is -2.36. The number of aliphatic hydroxyl groups is 2. The van der Waals surface area contributed by atoms with E-state index < -0.39 is 11.7 Å². The van der Waals surface area contributed by atoms with Crippen molar-refractivity contribution in [3.8, 4) is 0 Å². The minimum atomic E-state index is -1.52. The Balaban J connectivity index is 2.27. The predicted octanol–water partition coefficient (Wildman–Crippen LogP) is 4.58. The summed E-state index contributed by atoms with van der Waals surface area (Å²) in [5.41, 5.74) is 3.64. The number of benzene rings is 3. The molecule has 0 spiro atoms. The molecule has 128 valence electrons. The van der Waals surface area contributed by atoms with Crippen LogP contribution in [0.3, 0.4) is 0 Å². The summed E-state index contributed by atoms with van der Waals surface area (Å²) >= 11 is 0. The van der Waals surface area contributed by atoms with Gasteiger partial charge in [-0.3, -0.25) is 0 Å². The summed E-state index contributed by atoms with van der Waals surface area (Å²) in [5.74, 6) is 0. The highest BCUT2D eigenvalue weighted by atomic mass is 16.3. The van der Waals surface area contributed by atoms with Crippen molar-refractivity contribution in [2.75, 3.05) is 0 Å². The van der Waals surface area contributed by atoms with Gasteiger partial charge in [-0.1, -0.05) is 78.4 Å². The molecule has 0 fully saturated rings. The molecule has 2 heteroatoms. The van der Waals surface area contributed by atoms with Crippen LogP contribution in [-0.2, 0) is 5.60 Å². The molecule has 2 N–H and O–H groups in total. The van der Waals surface area contributed by atoms with Crippen LogP contribution in [0.25, 0.3) is 0 Å². The van der Waals surface area contributed by atoms with E-state index in [1.807, 2.05) is 93.6 Å². The molecule has 0 amide bonds. The minimum Gasteiger partial charge on any atom is -0.385 e. The maximum atomic E-state index is 11.9. The molecule has 0 aliphatic carbocycles. The van der Waals surface area contributed by atoms with Crippen LogP contribution in [0.5, 0.6) is 0 Å². The molecule has 0 heterocycles. The molecule has 0 bridgehead atoms. The highest BCUT2D eigenvalue weighted by molar-refractivity contribution is 5.47. The van der Waals surface area contributed by atoms with E-state index in [0.29, 0.717) is 5.56 Å². The van der Waals surface area contributed by atoms with E-state index in [0.717, 1.165) is 27.8 Å². The van der Waals surface area contributed by atoms with Crippen LogP contribution in [0.15, 0.2) is 72.8 Å². The van der Waals surface area contributed by atoms with E-state index >= 15 is 0 Å². The fourth-order valence-electron chi connectivity index (χ4n) is 3.56. The Hall–Kier alpha value is -2.42. The zero-order chi connectivity index (χ0) is 18.0. The van der Waals surface area contributed by atoms with Gasteiger partial charge < -0.3 is 10.2 Å². The lowest BCUT2D eigenvalue weighted by atomic mass is 9.75. The Morgan fingerprint density at radius 2 is 1.32 bits per heavy atom. The molecule has 0 saturated carbocycles. The molecule has 3 rings (SSSR count). The molecular formula is C23H24O2. The first-order valence-electron chi connectivity index (χ1n) is 8.54. The van der Waals surface area contributed by atoms with Gasteiger partial charge in [0.05, 0.1) is 0 Å². The van der Waals surface area contributed by atoms with Gasteiger partial charge in [0.25, 0.3) is 0 Å². The highest BCUT2D eigenvalue weighted by Gasteiger charge is 2.42. The van der Waals surface area contributed by atoms with Crippen LogP contribution >= 0.6 is 0 Å². The first kappa shape index (κ1) is 17.4. The third-order valence-electron chi connectivity index (χ3n) is 4.86. The monoisotopic (exact) mass is 332 g/mol. The first-order chi connectivity index (χ1) is 11.9. The Morgan fingerprint density at radius 1 is 0.720 bits per heavy atom. The van der Waals surface area contributed by atoms with Crippen molar-refractivity contribution in [3.63, 3.8) is 0 Å². The van der Waals surface area contributed by atoms with Crippen LogP contribution in [0.4, 0.5) is 0 Å². The second kappa shape index (κ2) is 6.83. The maximum absolute atomic E-state index is 11.9. The largest absolute Gasteiger partial charge is 0.385 e. The van der Waals surface area contributed by atoms with E-state index in [-0.39, 0.29) is 0 Å². The zero-order valence-electron chi connectivity index (χ0n) is 14.9. The summed E-state index contributed by atoms with van der Waals surface area (Å²) < 4.78 is 0. The second-order valence-corrected chi connectivity index (χ2v) is 6.71. The van der Waals surface area contributed by atoms with E-state index in [9.17, 15) is 10.2 Å². The molecule has 0 aliphatic heterocycles. The van der Waals surface area contributed by atoms with Gasteiger partial charge in [0.1, 0.15) is 11.7 Å². The smallest absolute Gasteiger partial charge is 0.145 e. The fourth-order valence-corrected chi connectivity index (χ4v) is 3.56. The standard InChI is InChI=1S/C23H24O2/c1-16-13-14-21(18(3)15-16)23(25,20-12-8-7-9-17(20)2)22(24)19-10-5-4-6-11-19/h4-15,22,24-25H,1-3H3/t22-,23?/m1/s1. The van der Waals surface area contributed by atoms with Crippen LogP contribution in [0, 0.1) is 20.8 Å². The molecular weight excluding hydrogens is 308 g/mol. The van der Waals surface area contributed by atoms with Crippen molar-refractivity contribution in [1.82, 2.24) is 0 Å². The quantitative estimate of drug-likeness (QED) is 0.734. The zero-order valence-corrected chi connectivity index (χ0v) is 14.9. The van der Waals surface area contributed by atoms with Gasteiger partial charge in [-0.2, -0.15) is 0 Å². The number of hydrogen-bond donors (Lipinski definition) is 2. The van der Waals surface area contributed by atoms with E-state index in [4.69, 9.17) is 0 Å². The van der Waals surface area contributed by atoms with Gasteiger partial charge in [0.15, 0.2) is 0 Å². The Labute approximate surface area is 149 Å². The Kier molecular flexibility index (Phi) is 4.76. The lowest BCUT2D eigenvalue weighted by Crippen LogP contribution is -2.36. The molecule has 0 saturated heterocycles.